The standard InChI is InChI=1S/C13H9ClFNO2/c14-9-2-1-3-11(6-9)16-12-5-8(13(17)18)4-10(15)7-12/h1-7,16H,(H,17,18). The van der Waals surface area contributed by atoms with Gasteiger partial charge in [-0.25, -0.2) is 9.18 Å². The van der Waals surface area contributed by atoms with E-state index in [1.54, 1.807) is 24.3 Å². The number of rotatable bonds is 3. The number of hydrogen-bond donors (Lipinski definition) is 2. The minimum Gasteiger partial charge on any atom is -0.478 e. The maximum Gasteiger partial charge on any atom is 0.335 e. The summed E-state index contributed by atoms with van der Waals surface area (Å²) in [6.07, 6.45) is 0. The van der Waals surface area contributed by atoms with E-state index in [1.165, 1.54) is 12.1 Å². The van der Waals surface area contributed by atoms with Gasteiger partial charge in [0.25, 0.3) is 0 Å². The van der Waals surface area contributed by atoms with Crippen LogP contribution in [-0.4, -0.2) is 11.1 Å². The van der Waals surface area contributed by atoms with E-state index in [9.17, 15) is 9.18 Å². The summed E-state index contributed by atoms with van der Waals surface area (Å²) in [7, 11) is 0. The Balaban J connectivity index is 2.31. The summed E-state index contributed by atoms with van der Waals surface area (Å²) in [6.45, 7) is 0. The molecule has 0 aromatic heterocycles. The van der Waals surface area contributed by atoms with Crippen LogP contribution in [0.2, 0.25) is 5.02 Å². The highest BCUT2D eigenvalue weighted by Crippen LogP contribution is 2.22. The second-order valence-electron chi connectivity index (χ2n) is 3.67. The van der Waals surface area contributed by atoms with Crippen molar-refractivity contribution in [3.8, 4) is 0 Å². The lowest BCUT2D eigenvalue weighted by Gasteiger charge is -2.08. The topological polar surface area (TPSA) is 49.3 Å². The quantitative estimate of drug-likeness (QED) is 0.884. The summed E-state index contributed by atoms with van der Waals surface area (Å²) in [5.41, 5.74) is 0.902. The normalized spacial score (nSPS) is 10.1. The third-order valence-electron chi connectivity index (χ3n) is 2.26. The van der Waals surface area contributed by atoms with Gasteiger partial charge in [-0.05, 0) is 36.4 Å². The molecule has 0 aliphatic carbocycles. The molecule has 5 heteroatoms. The molecule has 2 aromatic rings. The predicted octanol–water partition coefficient (Wildman–Crippen LogP) is 3.92. The van der Waals surface area contributed by atoms with Crippen molar-refractivity contribution in [3.05, 3.63) is 58.9 Å². The van der Waals surface area contributed by atoms with Crippen LogP contribution in [-0.2, 0) is 0 Å². The van der Waals surface area contributed by atoms with E-state index in [0.29, 0.717) is 16.4 Å². The summed E-state index contributed by atoms with van der Waals surface area (Å²) in [4.78, 5) is 10.8. The van der Waals surface area contributed by atoms with Gasteiger partial charge in [-0.15, -0.1) is 0 Å². The molecular formula is C13H9ClFNO2. The largest absolute Gasteiger partial charge is 0.478 e. The Bertz CT molecular complexity index is 601. The molecule has 0 fully saturated rings. The zero-order chi connectivity index (χ0) is 13.1. The van der Waals surface area contributed by atoms with E-state index < -0.39 is 11.8 Å². The van der Waals surface area contributed by atoms with E-state index in [2.05, 4.69) is 5.32 Å². The van der Waals surface area contributed by atoms with Gasteiger partial charge in [0, 0.05) is 16.4 Å². The molecule has 0 atom stereocenters. The summed E-state index contributed by atoms with van der Waals surface area (Å²) in [6, 6.07) is 10.4. The summed E-state index contributed by atoms with van der Waals surface area (Å²) < 4.78 is 13.2. The van der Waals surface area contributed by atoms with E-state index >= 15 is 0 Å². The van der Waals surface area contributed by atoms with Crippen LogP contribution in [0.3, 0.4) is 0 Å². The van der Waals surface area contributed by atoms with Crippen LogP contribution >= 0.6 is 11.6 Å². The Kier molecular flexibility index (Phi) is 3.48. The number of aromatic carboxylic acids is 1. The Morgan fingerprint density at radius 3 is 2.61 bits per heavy atom. The average molecular weight is 266 g/mol. The molecule has 0 saturated heterocycles. The molecule has 3 nitrogen and oxygen atoms in total. The van der Waals surface area contributed by atoms with Crippen molar-refractivity contribution in [2.75, 3.05) is 5.32 Å². The van der Waals surface area contributed by atoms with Crippen LogP contribution in [0.5, 0.6) is 0 Å². The highest BCUT2D eigenvalue weighted by molar-refractivity contribution is 6.30. The molecule has 0 aliphatic rings. The van der Waals surface area contributed by atoms with E-state index in [4.69, 9.17) is 16.7 Å². The van der Waals surface area contributed by atoms with Gasteiger partial charge in [0.15, 0.2) is 0 Å². The van der Waals surface area contributed by atoms with E-state index in [-0.39, 0.29) is 5.56 Å². The predicted molar refractivity (Wildman–Crippen MR) is 68.1 cm³/mol. The van der Waals surface area contributed by atoms with E-state index in [0.717, 1.165) is 6.07 Å². The van der Waals surface area contributed by atoms with Gasteiger partial charge in [0.2, 0.25) is 0 Å². The number of hydrogen-bond acceptors (Lipinski definition) is 2. The molecule has 92 valence electrons. The monoisotopic (exact) mass is 265 g/mol. The minimum atomic E-state index is -1.18. The number of benzene rings is 2. The number of carboxylic acids is 1. The highest BCUT2D eigenvalue weighted by atomic mass is 35.5. The van der Waals surface area contributed by atoms with Crippen molar-refractivity contribution in [1.29, 1.82) is 0 Å². The van der Waals surface area contributed by atoms with Gasteiger partial charge < -0.3 is 10.4 Å². The molecule has 2 aromatic carbocycles. The third-order valence-corrected chi connectivity index (χ3v) is 2.49. The lowest BCUT2D eigenvalue weighted by molar-refractivity contribution is 0.0696. The van der Waals surface area contributed by atoms with Crippen LogP contribution in [0.25, 0.3) is 0 Å². The molecule has 0 amide bonds. The summed E-state index contributed by atoms with van der Waals surface area (Å²) in [5, 5.41) is 12.3. The maximum absolute atomic E-state index is 13.2. The number of anilines is 2. The Labute approximate surface area is 108 Å². The SMILES string of the molecule is O=C(O)c1cc(F)cc(Nc2cccc(Cl)c2)c1. The fourth-order valence-corrected chi connectivity index (χ4v) is 1.71. The lowest BCUT2D eigenvalue weighted by atomic mass is 10.2. The summed E-state index contributed by atoms with van der Waals surface area (Å²) >= 11 is 5.82. The first-order chi connectivity index (χ1) is 8.54. The Morgan fingerprint density at radius 2 is 1.94 bits per heavy atom. The van der Waals surface area contributed by atoms with Crippen LogP contribution in [0.4, 0.5) is 15.8 Å². The fraction of sp³-hybridized carbons (Fsp3) is 0. The first-order valence-electron chi connectivity index (χ1n) is 5.11. The second kappa shape index (κ2) is 5.06. The molecule has 0 heterocycles. The molecular weight excluding hydrogens is 257 g/mol. The van der Waals surface area contributed by atoms with Crippen LogP contribution in [0.15, 0.2) is 42.5 Å². The average Bonchev–Trinajstić information content (AvgIpc) is 2.28. The molecule has 0 unspecified atom stereocenters. The van der Waals surface area contributed by atoms with Crippen LogP contribution in [0.1, 0.15) is 10.4 Å². The molecule has 0 radical (unpaired) electrons. The number of carboxylic acid groups (broad SMARTS) is 1. The smallest absolute Gasteiger partial charge is 0.335 e. The number of carbonyl (C=O) groups is 1. The molecule has 0 saturated carbocycles. The number of nitrogens with one attached hydrogen (secondary N) is 1. The fourth-order valence-electron chi connectivity index (χ4n) is 1.52. The first-order valence-corrected chi connectivity index (χ1v) is 5.49. The zero-order valence-electron chi connectivity index (χ0n) is 9.15. The molecule has 2 rings (SSSR count). The van der Waals surface area contributed by atoms with Crippen molar-refractivity contribution in [2.24, 2.45) is 0 Å². The summed E-state index contributed by atoms with van der Waals surface area (Å²) in [5.74, 6) is -1.79. The molecule has 0 bridgehead atoms. The van der Waals surface area contributed by atoms with Crippen molar-refractivity contribution < 1.29 is 14.3 Å². The zero-order valence-corrected chi connectivity index (χ0v) is 9.91. The van der Waals surface area contributed by atoms with Gasteiger partial charge in [0.1, 0.15) is 5.82 Å². The van der Waals surface area contributed by atoms with Crippen molar-refractivity contribution >= 4 is 28.9 Å². The van der Waals surface area contributed by atoms with E-state index in [1.807, 2.05) is 0 Å². The Hall–Kier alpha value is -2.07. The van der Waals surface area contributed by atoms with Crippen LogP contribution < -0.4 is 5.32 Å². The van der Waals surface area contributed by atoms with Gasteiger partial charge in [-0.2, -0.15) is 0 Å². The van der Waals surface area contributed by atoms with Gasteiger partial charge in [-0.1, -0.05) is 17.7 Å². The van der Waals surface area contributed by atoms with Crippen LogP contribution in [0, 0.1) is 5.82 Å². The number of halogens is 2. The van der Waals surface area contributed by atoms with Gasteiger partial charge in [-0.3, -0.25) is 0 Å². The van der Waals surface area contributed by atoms with Crippen molar-refractivity contribution in [2.45, 2.75) is 0 Å². The van der Waals surface area contributed by atoms with Gasteiger partial charge in [0.05, 0.1) is 5.56 Å². The first kappa shape index (κ1) is 12.4. The van der Waals surface area contributed by atoms with Crippen molar-refractivity contribution in [1.82, 2.24) is 0 Å². The lowest BCUT2D eigenvalue weighted by Crippen LogP contribution is -1.99. The highest BCUT2D eigenvalue weighted by Gasteiger charge is 2.07. The molecule has 2 N–H and O–H groups in total. The minimum absolute atomic E-state index is 0.112. The molecule has 18 heavy (non-hydrogen) atoms. The second-order valence-corrected chi connectivity index (χ2v) is 4.11. The maximum atomic E-state index is 13.2. The molecule has 0 aliphatic heterocycles. The van der Waals surface area contributed by atoms with Gasteiger partial charge >= 0.3 is 5.97 Å². The Morgan fingerprint density at radius 1 is 1.17 bits per heavy atom. The third kappa shape index (κ3) is 2.99. The van der Waals surface area contributed by atoms with Crippen molar-refractivity contribution in [3.63, 3.8) is 0 Å². The molecule has 0 spiro atoms.